The average Bonchev–Trinajstić information content (AvgIpc) is 3.97. The van der Waals surface area contributed by atoms with Gasteiger partial charge < -0.3 is 18.9 Å². The van der Waals surface area contributed by atoms with E-state index in [4.69, 9.17) is 44.3 Å². The lowest BCUT2D eigenvalue weighted by atomic mass is 10.0. The molecule has 2 aliphatic carbocycles. The van der Waals surface area contributed by atoms with Crippen molar-refractivity contribution in [2.75, 3.05) is 27.4 Å². The number of rotatable bonds is 11. The van der Waals surface area contributed by atoms with Gasteiger partial charge in [-0.25, -0.2) is 29.3 Å². The third kappa shape index (κ3) is 10.9. The molecule has 12 nitrogen and oxygen atoms in total. The standard InChI is InChI=1S/C16H15ClF3N3O3.C9H11F3N2O.C7H5Cl2NO2/c1-25-14(24)10-9-21-12(8-11(10)17)23-6-2-13(22-23)26-7-5-15(3-4-15)16(18,19)20;10-9(11,12)8(2-3-8)4-6-15-7-1-5-13-14-7;1-12-7(11)4-3-10-6(9)2-5(4)8/h2,6,8-9H,3-5,7H2,1H3;1,5H,2-4,6H2,(H,13,14);2-3H,1H3. The Morgan fingerprint density at radius 2 is 1.34 bits per heavy atom. The summed E-state index contributed by atoms with van der Waals surface area (Å²) in [5.41, 5.74) is -2.76. The SMILES string of the molecule is COC(=O)c1cnc(-n2ccc(OCCC3(C(F)(F)F)CC3)n2)cc1Cl.COC(=O)c1cnc(Cl)cc1Cl.FC(F)(F)C1(CCOc2ccn[nH]2)CC1. The van der Waals surface area contributed by atoms with Crippen molar-refractivity contribution in [2.45, 2.75) is 50.9 Å². The molecule has 2 fully saturated rings. The molecule has 0 bridgehead atoms. The predicted octanol–water partition coefficient (Wildman–Crippen LogP) is 8.51. The predicted molar refractivity (Wildman–Crippen MR) is 178 cm³/mol. The number of ether oxygens (including phenoxy) is 4. The highest BCUT2D eigenvalue weighted by Gasteiger charge is 2.63. The lowest BCUT2D eigenvalue weighted by Gasteiger charge is -2.18. The molecule has 1 N–H and O–H groups in total. The Labute approximate surface area is 313 Å². The van der Waals surface area contributed by atoms with Gasteiger partial charge in [-0.3, -0.25) is 0 Å². The third-order valence-electron chi connectivity index (χ3n) is 8.32. The molecule has 21 heteroatoms. The summed E-state index contributed by atoms with van der Waals surface area (Å²) >= 11 is 17.2. The van der Waals surface area contributed by atoms with Gasteiger partial charge >= 0.3 is 24.3 Å². The second-order valence-electron chi connectivity index (χ2n) is 11.8. The summed E-state index contributed by atoms with van der Waals surface area (Å²) in [4.78, 5) is 30.2. The van der Waals surface area contributed by atoms with Gasteiger partial charge in [0.2, 0.25) is 11.8 Å². The molecule has 6 rings (SSSR count). The van der Waals surface area contributed by atoms with E-state index < -0.39 is 35.1 Å². The van der Waals surface area contributed by atoms with E-state index >= 15 is 0 Å². The summed E-state index contributed by atoms with van der Waals surface area (Å²) < 4.78 is 96.9. The van der Waals surface area contributed by atoms with Crippen LogP contribution in [0.1, 0.15) is 59.2 Å². The van der Waals surface area contributed by atoms with Gasteiger partial charge in [-0.15, -0.1) is 5.10 Å². The summed E-state index contributed by atoms with van der Waals surface area (Å²) in [7, 11) is 2.50. The van der Waals surface area contributed by atoms with Crippen molar-refractivity contribution < 1.29 is 54.9 Å². The van der Waals surface area contributed by atoms with Crippen LogP contribution in [-0.2, 0) is 9.47 Å². The summed E-state index contributed by atoms with van der Waals surface area (Å²) in [6.45, 7) is -0.00626. The Balaban J connectivity index is 0.000000196. The first-order valence-corrected chi connectivity index (χ1v) is 16.7. The van der Waals surface area contributed by atoms with Gasteiger partial charge in [0.05, 0.1) is 65.6 Å². The lowest BCUT2D eigenvalue weighted by Crippen LogP contribution is -2.26. The first kappa shape index (κ1) is 41.5. The van der Waals surface area contributed by atoms with Crippen molar-refractivity contribution in [3.63, 3.8) is 0 Å². The van der Waals surface area contributed by atoms with Gasteiger partial charge in [0.15, 0.2) is 5.82 Å². The first-order chi connectivity index (χ1) is 24.9. The van der Waals surface area contributed by atoms with E-state index in [9.17, 15) is 35.9 Å². The molecular formula is C32H31Cl3F6N6O6. The fraction of sp³-hybridized carbons (Fsp3) is 0.438. The Morgan fingerprint density at radius 1 is 0.811 bits per heavy atom. The minimum Gasteiger partial charge on any atom is -0.478 e. The molecule has 0 aliphatic heterocycles. The van der Waals surface area contributed by atoms with Crippen LogP contribution >= 0.6 is 34.8 Å². The smallest absolute Gasteiger partial charge is 0.394 e. The van der Waals surface area contributed by atoms with Crippen LogP contribution in [0.4, 0.5) is 26.3 Å². The van der Waals surface area contributed by atoms with E-state index in [1.807, 2.05) is 0 Å². The molecule has 288 valence electrons. The van der Waals surface area contributed by atoms with Crippen molar-refractivity contribution in [1.29, 1.82) is 0 Å². The summed E-state index contributed by atoms with van der Waals surface area (Å²) in [6, 6.07) is 5.90. The van der Waals surface area contributed by atoms with E-state index in [2.05, 4.69) is 34.7 Å². The van der Waals surface area contributed by atoms with Crippen LogP contribution in [0.2, 0.25) is 15.2 Å². The number of nitrogens with one attached hydrogen (secondary N) is 1. The minimum atomic E-state index is -4.20. The van der Waals surface area contributed by atoms with Crippen molar-refractivity contribution in [3.8, 4) is 17.6 Å². The molecule has 0 aromatic carbocycles. The maximum atomic E-state index is 12.9. The quantitative estimate of drug-likeness (QED) is 0.0889. The van der Waals surface area contributed by atoms with Gasteiger partial charge in [-0.05, 0) is 44.6 Å². The maximum absolute atomic E-state index is 12.9. The molecule has 0 unspecified atom stereocenters. The molecule has 2 aliphatic rings. The van der Waals surface area contributed by atoms with Gasteiger partial charge in [-0.2, -0.15) is 31.4 Å². The molecule has 0 saturated heterocycles. The van der Waals surface area contributed by atoms with Crippen LogP contribution in [0.25, 0.3) is 5.82 Å². The zero-order valence-electron chi connectivity index (χ0n) is 27.9. The molecule has 0 spiro atoms. The highest BCUT2D eigenvalue weighted by atomic mass is 35.5. The summed E-state index contributed by atoms with van der Waals surface area (Å²) in [5, 5.41) is 10.9. The molecule has 0 radical (unpaired) electrons. The molecule has 2 saturated carbocycles. The monoisotopic (exact) mass is 814 g/mol. The third-order valence-corrected chi connectivity index (χ3v) is 9.15. The highest BCUT2D eigenvalue weighted by Crippen LogP contribution is 2.60. The second-order valence-corrected chi connectivity index (χ2v) is 13.0. The molecule has 53 heavy (non-hydrogen) atoms. The number of aromatic amines is 1. The van der Waals surface area contributed by atoms with Crippen LogP contribution in [0.5, 0.6) is 11.8 Å². The topological polar surface area (TPSA) is 143 Å². The fourth-order valence-electron chi connectivity index (χ4n) is 4.67. The number of esters is 2. The van der Waals surface area contributed by atoms with Crippen LogP contribution in [0, 0.1) is 10.8 Å². The second kappa shape index (κ2) is 17.2. The number of aromatic nitrogens is 6. The lowest BCUT2D eigenvalue weighted by molar-refractivity contribution is -0.190. The van der Waals surface area contributed by atoms with Gasteiger partial charge in [0.25, 0.3) is 0 Å². The van der Waals surface area contributed by atoms with Gasteiger partial charge in [0.1, 0.15) is 5.15 Å². The average molecular weight is 816 g/mol. The van der Waals surface area contributed by atoms with E-state index in [0.717, 1.165) is 0 Å². The Hall–Kier alpha value is -4.29. The Kier molecular flexibility index (Phi) is 13.5. The molecule has 4 aromatic rings. The maximum Gasteiger partial charge on any atom is 0.394 e. The summed E-state index contributed by atoms with van der Waals surface area (Å²) in [6.07, 6.45) is -2.08. The van der Waals surface area contributed by atoms with Crippen LogP contribution in [0.3, 0.4) is 0 Å². The highest BCUT2D eigenvalue weighted by molar-refractivity contribution is 6.36. The number of H-pyrrole nitrogens is 1. The van der Waals surface area contributed by atoms with Gasteiger partial charge in [-0.1, -0.05) is 34.8 Å². The van der Waals surface area contributed by atoms with E-state index in [0.29, 0.717) is 11.7 Å². The number of pyridine rings is 2. The molecular weight excluding hydrogens is 785 g/mol. The number of hydrogen-bond donors (Lipinski definition) is 1. The van der Waals surface area contributed by atoms with E-state index in [-0.39, 0.29) is 83.9 Å². The number of carbonyl (C=O) groups is 2. The number of methoxy groups -OCH3 is 2. The molecule has 0 amide bonds. The van der Waals surface area contributed by atoms with Crippen LogP contribution in [-0.4, -0.2) is 81.7 Å². The number of halogens is 9. The fourth-order valence-corrected chi connectivity index (χ4v) is 5.34. The molecule has 4 heterocycles. The molecule has 4 aromatic heterocycles. The largest absolute Gasteiger partial charge is 0.478 e. The number of hydrogen-bond acceptors (Lipinski definition) is 10. The van der Waals surface area contributed by atoms with Crippen LogP contribution < -0.4 is 9.47 Å². The summed E-state index contributed by atoms with van der Waals surface area (Å²) in [5.74, 6) is -0.223. The van der Waals surface area contributed by atoms with Gasteiger partial charge in [0, 0.05) is 36.8 Å². The minimum absolute atomic E-state index is 0.0233. The zero-order valence-corrected chi connectivity index (χ0v) is 30.1. The van der Waals surface area contributed by atoms with Crippen molar-refractivity contribution >= 4 is 46.7 Å². The van der Waals surface area contributed by atoms with E-state index in [1.54, 1.807) is 6.07 Å². The molecule has 0 atom stereocenters. The van der Waals surface area contributed by atoms with Crippen molar-refractivity contribution in [2.24, 2.45) is 10.8 Å². The number of nitrogens with zero attached hydrogens (tertiary/aromatic N) is 5. The van der Waals surface area contributed by atoms with Crippen molar-refractivity contribution in [1.82, 2.24) is 29.9 Å². The Morgan fingerprint density at radius 3 is 1.79 bits per heavy atom. The van der Waals surface area contributed by atoms with Crippen LogP contribution in [0.15, 0.2) is 49.1 Å². The Bertz CT molecular complexity index is 1850. The zero-order chi connectivity index (χ0) is 39.0. The first-order valence-electron chi connectivity index (χ1n) is 15.5. The van der Waals surface area contributed by atoms with E-state index in [1.165, 1.54) is 61.9 Å². The normalized spacial score (nSPS) is 15.2. The van der Waals surface area contributed by atoms with Crippen molar-refractivity contribution in [3.05, 3.63) is 75.4 Å². The number of carbonyl (C=O) groups excluding carboxylic acids is 2. The number of alkyl halides is 6.